The largest absolute Gasteiger partial charge is 0.379 e. The number of carbonyl (C=O) groups is 1. The van der Waals surface area contributed by atoms with Crippen LogP contribution in [0.25, 0.3) is 16.9 Å². The van der Waals surface area contributed by atoms with Gasteiger partial charge in [0.1, 0.15) is 0 Å². The highest BCUT2D eigenvalue weighted by Crippen LogP contribution is 2.44. The van der Waals surface area contributed by atoms with Crippen LogP contribution in [0.3, 0.4) is 0 Å². The molecule has 39 heavy (non-hydrogen) atoms. The fourth-order valence-electron chi connectivity index (χ4n) is 5.80. The number of nitrogens with zero attached hydrogens (tertiary/aromatic N) is 4. The minimum atomic E-state index is -3.79. The summed E-state index contributed by atoms with van der Waals surface area (Å²) in [5.41, 5.74) is 3.48. The first-order valence-corrected chi connectivity index (χ1v) is 15.1. The van der Waals surface area contributed by atoms with Gasteiger partial charge in [0.25, 0.3) is 5.91 Å². The fraction of sp³-hybridized carbons (Fsp3) is 0.357. The molecule has 2 atom stereocenters. The fourth-order valence-corrected chi connectivity index (χ4v) is 7.99. The molecule has 7 rings (SSSR count). The number of hydrogen-bond acceptors (Lipinski definition) is 7. The Morgan fingerprint density at radius 1 is 1.03 bits per heavy atom. The van der Waals surface area contributed by atoms with Crippen LogP contribution in [-0.4, -0.2) is 85.5 Å². The van der Waals surface area contributed by atoms with Crippen LogP contribution in [0.15, 0.2) is 59.5 Å². The molecule has 3 aliphatic heterocycles. The second-order valence-corrected chi connectivity index (χ2v) is 12.6. The number of halogens is 1. The summed E-state index contributed by atoms with van der Waals surface area (Å²) in [6, 6.07) is 12.9. The van der Waals surface area contributed by atoms with Crippen molar-refractivity contribution >= 4 is 27.3 Å². The summed E-state index contributed by atoms with van der Waals surface area (Å²) in [4.78, 5) is 18.1. The first-order valence-electron chi connectivity index (χ1n) is 13.0. The molecule has 3 aromatic rings. The van der Waals surface area contributed by atoms with Crippen molar-refractivity contribution in [3.8, 4) is 16.9 Å². The highest BCUT2D eigenvalue weighted by Gasteiger charge is 2.42. The Kier molecular flexibility index (Phi) is 6.13. The summed E-state index contributed by atoms with van der Waals surface area (Å²) in [5, 5.41) is 4.95. The molecule has 2 fully saturated rings. The van der Waals surface area contributed by atoms with E-state index in [9.17, 15) is 13.2 Å². The molecule has 0 radical (unpaired) electrons. The molecule has 9 nitrogen and oxygen atoms in total. The molecule has 1 amide bonds. The van der Waals surface area contributed by atoms with Crippen LogP contribution in [0.2, 0.25) is 5.02 Å². The molecule has 1 aromatic heterocycles. The third-order valence-electron chi connectivity index (χ3n) is 7.84. The van der Waals surface area contributed by atoms with E-state index in [1.807, 2.05) is 36.4 Å². The maximum absolute atomic E-state index is 13.9. The molecule has 0 bridgehead atoms. The lowest BCUT2D eigenvalue weighted by atomic mass is 9.95. The average molecular weight is 567 g/mol. The van der Waals surface area contributed by atoms with Crippen molar-refractivity contribution < 1.29 is 22.7 Å². The molecule has 0 N–H and O–H groups in total. The van der Waals surface area contributed by atoms with Crippen molar-refractivity contribution in [2.75, 3.05) is 39.5 Å². The number of rotatable bonds is 4. The zero-order valence-corrected chi connectivity index (χ0v) is 22.7. The Morgan fingerprint density at radius 2 is 1.82 bits per heavy atom. The predicted molar refractivity (Wildman–Crippen MR) is 145 cm³/mol. The molecular formula is C28H27ClN4O5S. The van der Waals surface area contributed by atoms with Crippen LogP contribution < -0.4 is 0 Å². The van der Waals surface area contributed by atoms with E-state index in [1.54, 1.807) is 27.8 Å². The van der Waals surface area contributed by atoms with Gasteiger partial charge in [0.05, 0.1) is 59.0 Å². The van der Waals surface area contributed by atoms with Gasteiger partial charge in [-0.05, 0) is 23.8 Å². The van der Waals surface area contributed by atoms with E-state index in [4.69, 9.17) is 26.2 Å². The van der Waals surface area contributed by atoms with Gasteiger partial charge >= 0.3 is 0 Å². The molecule has 4 aliphatic rings. The van der Waals surface area contributed by atoms with Crippen LogP contribution in [0.5, 0.6) is 0 Å². The number of benzene rings is 2. The van der Waals surface area contributed by atoms with Gasteiger partial charge < -0.3 is 14.4 Å². The van der Waals surface area contributed by atoms with E-state index in [2.05, 4.69) is 4.90 Å². The van der Waals surface area contributed by atoms with E-state index in [1.165, 1.54) is 0 Å². The number of hydrogen-bond donors (Lipinski definition) is 0. The molecule has 0 saturated carbocycles. The Labute approximate surface area is 231 Å². The van der Waals surface area contributed by atoms with E-state index in [0.29, 0.717) is 30.0 Å². The van der Waals surface area contributed by atoms with Gasteiger partial charge in [-0.3, -0.25) is 9.69 Å². The van der Waals surface area contributed by atoms with Crippen LogP contribution >= 0.6 is 11.6 Å². The number of morpholine rings is 2. The van der Waals surface area contributed by atoms with Crippen molar-refractivity contribution in [1.82, 2.24) is 19.6 Å². The third-order valence-corrected chi connectivity index (χ3v) is 10.00. The van der Waals surface area contributed by atoms with Gasteiger partial charge in [0, 0.05) is 37.3 Å². The lowest BCUT2D eigenvalue weighted by molar-refractivity contribution is -0.0344. The molecule has 4 heterocycles. The molecule has 1 aliphatic carbocycles. The Bertz CT molecular complexity index is 1590. The standard InChI is InChI=1S/C28H27ClN4O5S/c29-22-3-1-2-20-26-21(17-39(35,36)27(20)22)25(28(34)32-12-15-38-24-9-8-23(24)32)30-33(26)19-6-4-18(5-7-19)16-31-10-13-37-14-11-31/h1-9,23-24H,10-17H2/t23-,24+/m0/s1. The number of ether oxygens (including phenoxy) is 2. The summed E-state index contributed by atoms with van der Waals surface area (Å²) in [6.45, 7) is 4.90. The molecule has 2 aromatic carbocycles. The SMILES string of the molecule is O=C(c1nn(-c2ccc(CN3CCOCC3)cc2)c2c1CS(=O)(=O)c1c(Cl)cccc1-2)N1CCO[C@@H]2C=C[C@@H]21. The molecule has 0 unspecified atom stereocenters. The Hall–Kier alpha value is -3.02. The van der Waals surface area contributed by atoms with E-state index in [-0.39, 0.29) is 39.4 Å². The summed E-state index contributed by atoms with van der Waals surface area (Å²) in [7, 11) is -3.79. The van der Waals surface area contributed by atoms with Crippen molar-refractivity contribution in [1.29, 1.82) is 0 Å². The number of aromatic nitrogens is 2. The highest BCUT2D eigenvalue weighted by molar-refractivity contribution is 7.91. The minimum absolute atomic E-state index is 0.0802. The quantitative estimate of drug-likeness (QED) is 0.448. The summed E-state index contributed by atoms with van der Waals surface area (Å²) >= 11 is 6.42. The van der Waals surface area contributed by atoms with E-state index < -0.39 is 9.84 Å². The average Bonchev–Trinajstić information content (AvgIpc) is 3.28. The third kappa shape index (κ3) is 4.22. The molecule has 0 spiro atoms. The number of carbonyl (C=O) groups excluding carboxylic acids is 1. The topological polar surface area (TPSA) is 94.0 Å². The number of sulfone groups is 1. The normalized spacial score (nSPS) is 23.5. The van der Waals surface area contributed by atoms with Crippen molar-refractivity contribution in [2.24, 2.45) is 0 Å². The lowest BCUT2D eigenvalue weighted by Crippen LogP contribution is -2.55. The molecule has 202 valence electrons. The van der Waals surface area contributed by atoms with Crippen LogP contribution in [0.1, 0.15) is 21.6 Å². The van der Waals surface area contributed by atoms with Crippen molar-refractivity contribution in [3.05, 3.63) is 76.5 Å². The minimum Gasteiger partial charge on any atom is -0.379 e. The van der Waals surface area contributed by atoms with Crippen molar-refractivity contribution in [3.63, 3.8) is 0 Å². The second-order valence-electron chi connectivity index (χ2n) is 10.2. The predicted octanol–water partition coefficient (Wildman–Crippen LogP) is 3.09. The maximum Gasteiger partial charge on any atom is 0.275 e. The zero-order chi connectivity index (χ0) is 26.7. The van der Waals surface area contributed by atoms with E-state index in [0.717, 1.165) is 44.1 Å². The van der Waals surface area contributed by atoms with Gasteiger partial charge in [-0.25, -0.2) is 13.1 Å². The van der Waals surface area contributed by atoms with E-state index >= 15 is 0 Å². The first-order chi connectivity index (χ1) is 18.9. The molecule has 2 saturated heterocycles. The van der Waals surface area contributed by atoms with Crippen LogP contribution in [0, 0.1) is 0 Å². The Balaban J connectivity index is 1.33. The van der Waals surface area contributed by atoms with Gasteiger partial charge in [0.2, 0.25) is 0 Å². The summed E-state index contributed by atoms with van der Waals surface area (Å²) < 4.78 is 39.7. The molecular weight excluding hydrogens is 540 g/mol. The van der Waals surface area contributed by atoms with Crippen LogP contribution in [0.4, 0.5) is 0 Å². The smallest absolute Gasteiger partial charge is 0.275 e. The highest BCUT2D eigenvalue weighted by atomic mass is 35.5. The Morgan fingerprint density at radius 3 is 2.56 bits per heavy atom. The number of amides is 1. The van der Waals surface area contributed by atoms with Gasteiger partial charge in [-0.1, -0.05) is 48.0 Å². The van der Waals surface area contributed by atoms with Gasteiger partial charge in [0.15, 0.2) is 15.5 Å². The monoisotopic (exact) mass is 566 g/mol. The lowest BCUT2D eigenvalue weighted by Gasteiger charge is -2.42. The zero-order valence-electron chi connectivity index (χ0n) is 21.1. The maximum atomic E-state index is 13.9. The molecule has 11 heteroatoms. The van der Waals surface area contributed by atoms with Gasteiger partial charge in [-0.15, -0.1) is 0 Å². The number of fused-ring (bicyclic) bond motifs is 4. The van der Waals surface area contributed by atoms with Gasteiger partial charge in [-0.2, -0.15) is 5.10 Å². The first kappa shape index (κ1) is 25.0. The van der Waals surface area contributed by atoms with Crippen molar-refractivity contribution in [2.45, 2.75) is 29.3 Å². The summed E-state index contributed by atoms with van der Waals surface area (Å²) in [6.07, 6.45) is 3.73. The second kappa shape index (κ2) is 9.57. The summed E-state index contributed by atoms with van der Waals surface area (Å²) in [5.74, 6) is -0.638. The van der Waals surface area contributed by atoms with Crippen LogP contribution in [-0.2, 0) is 31.6 Å².